The van der Waals surface area contributed by atoms with Crippen LogP contribution in [0, 0.1) is 19.8 Å². The number of aryl methyl sites for hydroxylation is 2. The van der Waals surface area contributed by atoms with Crippen molar-refractivity contribution in [3.8, 4) is 0 Å². The van der Waals surface area contributed by atoms with Gasteiger partial charge < -0.3 is 5.32 Å². The van der Waals surface area contributed by atoms with Gasteiger partial charge in [-0.1, -0.05) is 18.2 Å². The Morgan fingerprint density at radius 1 is 1.29 bits per heavy atom. The molecule has 1 saturated heterocycles. The van der Waals surface area contributed by atoms with Gasteiger partial charge in [-0.25, -0.2) is 8.42 Å². The highest BCUT2D eigenvalue weighted by Gasteiger charge is 2.28. The van der Waals surface area contributed by atoms with E-state index in [9.17, 15) is 13.2 Å². The van der Waals surface area contributed by atoms with Gasteiger partial charge in [0.2, 0.25) is 5.91 Å². The van der Waals surface area contributed by atoms with Gasteiger partial charge in [0.25, 0.3) is 0 Å². The molecule has 1 aromatic heterocycles. The van der Waals surface area contributed by atoms with Crippen LogP contribution in [0.3, 0.4) is 0 Å². The Hall–Kier alpha value is -1.95. The summed E-state index contributed by atoms with van der Waals surface area (Å²) in [5.74, 6) is 0.377. The SMILES string of the molecule is Cc1nc2ccccc2c(C)c1CC(=O)NC[C@@H]1CCS(=O)(=O)C1. The fraction of sp³-hybridized carbons (Fsp3) is 0.444. The lowest BCUT2D eigenvalue weighted by Crippen LogP contribution is -2.31. The molecule has 24 heavy (non-hydrogen) atoms. The first-order chi connectivity index (χ1) is 11.4. The van der Waals surface area contributed by atoms with Crippen molar-refractivity contribution in [2.75, 3.05) is 18.1 Å². The zero-order valence-corrected chi connectivity index (χ0v) is 14.8. The summed E-state index contributed by atoms with van der Waals surface area (Å²) in [6.07, 6.45) is 0.910. The summed E-state index contributed by atoms with van der Waals surface area (Å²) in [5.41, 5.74) is 3.83. The lowest BCUT2D eigenvalue weighted by molar-refractivity contribution is -0.120. The Morgan fingerprint density at radius 2 is 2.04 bits per heavy atom. The maximum atomic E-state index is 12.3. The minimum atomic E-state index is -2.90. The highest BCUT2D eigenvalue weighted by Crippen LogP contribution is 2.23. The summed E-state index contributed by atoms with van der Waals surface area (Å²) < 4.78 is 22.9. The van der Waals surface area contributed by atoms with Crippen molar-refractivity contribution in [1.82, 2.24) is 10.3 Å². The number of fused-ring (bicyclic) bond motifs is 1. The fourth-order valence-corrected chi connectivity index (χ4v) is 5.21. The molecule has 2 heterocycles. The van der Waals surface area contributed by atoms with Gasteiger partial charge in [0, 0.05) is 17.6 Å². The molecule has 1 aliphatic rings. The number of hydrogen-bond acceptors (Lipinski definition) is 4. The van der Waals surface area contributed by atoms with Gasteiger partial charge in [0.1, 0.15) is 0 Å². The molecule has 0 unspecified atom stereocenters. The molecule has 0 spiro atoms. The highest BCUT2D eigenvalue weighted by atomic mass is 32.2. The van der Waals surface area contributed by atoms with Crippen molar-refractivity contribution in [2.45, 2.75) is 26.7 Å². The number of rotatable bonds is 4. The lowest BCUT2D eigenvalue weighted by Gasteiger charge is -2.14. The predicted octanol–water partition coefficient (Wildman–Crippen LogP) is 1.95. The van der Waals surface area contributed by atoms with E-state index in [1.54, 1.807) is 0 Å². The van der Waals surface area contributed by atoms with Crippen molar-refractivity contribution in [2.24, 2.45) is 5.92 Å². The number of hydrogen-bond donors (Lipinski definition) is 1. The number of sulfone groups is 1. The largest absolute Gasteiger partial charge is 0.356 e. The minimum absolute atomic E-state index is 0.0378. The number of pyridine rings is 1. The minimum Gasteiger partial charge on any atom is -0.356 e. The van der Waals surface area contributed by atoms with Crippen molar-refractivity contribution >= 4 is 26.6 Å². The highest BCUT2D eigenvalue weighted by molar-refractivity contribution is 7.91. The number of benzene rings is 1. The van der Waals surface area contributed by atoms with Gasteiger partial charge in [-0.3, -0.25) is 9.78 Å². The molecule has 128 valence electrons. The number of para-hydroxylation sites is 1. The van der Waals surface area contributed by atoms with Crippen LogP contribution in [0.25, 0.3) is 10.9 Å². The van der Waals surface area contributed by atoms with Crippen LogP contribution in [0.2, 0.25) is 0 Å². The molecule has 1 amide bonds. The van der Waals surface area contributed by atoms with E-state index in [4.69, 9.17) is 0 Å². The van der Waals surface area contributed by atoms with Gasteiger partial charge in [0.05, 0.1) is 23.4 Å². The molecule has 3 rings (SSSR count). The van der Waals surface area contributed by atoms with Gasteiger partial charge in [0.15, 0.2) is 9.84 Å². The standard InChI is InChI=1S/C18H22N2O3S/c1-12-15-5-3-4-6-17(15)20-13(2)16(12)9-18(21)19-10-14-7-8-24(22,23)11-14/h3-6,14H,7-11H2,1-2H3,(H,19,21)/t14-/m0/s1. The Kier molecular flexibility index (Phi) is 4.58. The van der Waals surface area contributed by atoms with Crippen LogP contribution in [0.4, 0.5) is 0 Å². The van der Waals surface area contributed by atoms with E-state index < -0.39 is 9.84 Å². The van der Waals surface area contributed by atoms with E-state index in [0.29, 0.717) is 13.0 Å². The monoisotopic (exact) mass is 346 g/mol. The number of nitrogens with zero attached hydrogens (tertiary/aromatic N) is 1. The van der Waals surface area contributed by atoms with E-state index >= 15 is 0 Å². The molecule has 1 atom stereocenters. The van der Waals surface area contributed by atoms with Crippen LogP contribution in [0.5, 0.6) is 0 Å². The molecule has 0 saturated carbocycles. The van der Waals surface area contributed by atoms with Crippen LogP contribution in [0.15, 0.2) is 24.3 Å². The summed E-state index contributed by atoms with van der Waals surface area (Å²) >= 11 is 0. The molecule has 1 aromatic carbocycles. The third-order valence-corrected chi connectivity index (χ3v) is 6.57. The zero-order chi connectivity index (χ0) is 17.3. The fourth-order valence-electron chi connectivity index (χ4n) is 3.35. The van der Waals surface area contributed by atoms with Gasteiger partial charge in [-0.05, 0) is 43.4 Å². The molecule has 1 N–H and O–H groups in total. The number of amides is 1. The topological polar surface area (TPSA) is 76.1 Å². The molecular formula is C18H22N2O3S. The predicted molar refractivity (Wildman–Crippen MR) is 94.7 cm³/mol. The lowest BCUT2D eigenvalue weighted by atomic mass is 9.99. The smallest absolute Gasteiger partial charge is 0.224 e. The third-order valence-electron chi connectivity index (χ3n) is 4.74. The van der Waals surface area contributed by atoms with Crippen LogP contribution < -0.4 is 5.32 Å². The second-order valence-electron chi connectivity index (χ2n) is 6.57. The van der Waals surface area contributed by atoms with E-state index in [0.717, 1.165) is 27.7 Å². The Bertz CT molecular complexity index is 891. The summed E-state index contributed by atoms with van der Waals surface area (Å²) in [6, 6.07) is 7.91. The molecule has 0 aliphatic carbocycles. The van der Waals surface area contributed by atoms with Gasteiger partial charge in [-0.2, -0.15) is 0 Å². The average molecular weight is 346 g/mol. The Balaban J connectivity index is 1.69. The normalized spacial score (nSPS) is 19.5. The van der Waals surface area contributed by atoms with Crippen LogP contribution in [-0.2, 0) is 21.1 Å². The first kappa shape index (κ1) is 16.9. The van der Waals surface area contributed by atoms with E-state index in [1.807, 2.05) is 38.1 Å². The van der Waals surface area contributed by atoms with Gasteiger partial charge >= 0.3 is 0 Å². The summed E-state index contributed by atoms with van der Waals surface area (Å²) in [6.45, 7) is 4.37. The summed E-state index contributed by atoms with van der Waals surface area (Å²) in [5, 5.41) is 3.94. The summed E-state index contributed by atoms with van der Waals surface area (Å²) in [4.78, 5) is 16.9. The molecule has 1 aliphatic heterocycles. The van der Waals surface area contributed by atoms with Gasteiger partial charge in [-0.15, -0.1) is 0 Å². The van der Waals surface area contributed by atoms with Crippen molar-refractivity contribution in [3.05, 3.63) is 41.1 Å². The van der Waals surface area contributed by atoms with Crippen LogP contribution in [0.1, 0.15) is 23.2 Å². The molecule has 1 fully saturated rings. The quantitative estimate of drug-likeness (QED) is 0.918. The maximum absolute atomic E-state index is 12.3. The number of carbonyl (C=O) groups is 1. The first-order valence-electron chi connectivity index (χ1n) is 8.17. The van der Waals surface area contributed by atoms with Crippen LogP contribution >= 0.6 is 0 Å². The second kappa shape index (κ2) is 6.51. The Labute approximate surface area is 142 Å². The molecule has 0 radical (unpaired) electrons. The molecule has 2 aromatic rings. The van der Waals surface area contributed by atoms with E-state index in [-0.39, 0.29) is 29.8 Å². The van der Waals surface area contributed by atoms with Crippen molar-refractivity contribution in [3.63, 3.8) is 0 Å². The van der Waals surface area contributed by atoms with Crippen molar-refractivity contribution in [1.29, 1.82) is 0 Å². The van der Waals surface area contributed by atoms with Crippen LogP contribution in [-0.4, -0.2) is 37.4 Å². The first-order valence-corrected chi connectivity index (χ1v) is 10.00. The average Bonchev–Trinajstić information content (AvgIpc) is 2.88. The molecule has 6 heteroatoms. The summed E-state index contributed by atoms with van der Waals surface area (Å²) in [7, 11) is -2.90. The zero-order valence-electron chi connectivity index (χ0n) is 14.0. The maximum Gasteiger partial charge on any atom is 0.224 e. The van der Waals surface area contributed by atoms with Crippen molar-refractivity contribution < 1.29 is 13.2 Å². The molecule has 5 nitrogen and oxygen atoms in total. The van der Waals surface area contributed by atoms with E-state index in [1.165, 1.54) is 0 Å². The molecule has 0 bridgehead atoms. The number of carbonyl (C=O) groups excluding carboxylic acids is 1. The van der Waals surface area contributed by atoms with E-state index in [2.05, 4.69) is 10.3 Å². The second-order valence-corrected chi connectivity index (χ2v) is 8.80. The number of aromatic nitrogens is 1. The third kappa shape index (κ3) is 3.59. The number of nitrogens with one attached hydrogen (secondary N) is 1. The molecular weight excluding hydrogens is 324 g/mol. The Morgan fingerprint density at radius 3 is 2.75 bits per heavy atom.